The first-order valence-corrected chi connectivity index (χ1v) is 5.33. The van der Waals surface area contributed by atoms with Crippen LogP contribution in [-0.2, 0) is 6.42 Å². The lowest BCUT2D eigenvalue weighted by atomic mass is 10.1. The molecule has 1 aromatic heterocycles. The number of aromatic nitrogens is 2. The van der Waals surface area contributed by atoms with Crippen molar-refractivity contribution in [1.29, 1.82) is 0 Å². The molecule has 0 atom stereocenters. The number of hydrogen-bond donors (Lipinski definition) is 1. The average Bonchev–Trinajstić information content (AvgIpc) is 2.75. The van der Waals surface area contributed by atoms with Gasteiger partial charge in [-0.05, 0) is 16.3 Å². The Morgan fingerprint density at radius 1 is 1.12 bits per heavy atom. The average molecular weight is 226 g/mol. The topological polar surface area (TPSA) is 58.9 Å². The Kier molecular flexibility index (Phi) is 2.26. The molecule has 0 bridgehead atoms. The normalized spacial score (nSPS) is 10.8. The number of hydrogen-bond acceptors (Lipinski definition) is 3. The lowest BCUT2D eigenvalue weighted by Gasteiger charge is -2.00. The molecule has 0 spiro atoms. The van der Waals surface area contributed by atoms with Gasteiger partial charge in [0, 0.05) is 0 Å². The van der Waals surface area contributed by atoms with E-state index in [0.717, 1.165) is 5.56 Å². The highest BCUT2D eigenvalue weighted by Gasteiger charge is 2.03. The summed E-state index contributed by atoms with van der Waals surface area (Å²) in [5, 5.41) is 8.40. The Bertz CT molecular complexity index is 712. The van der Waals surface area contributed by atoms with E-state index in [9.17, 15) is 4.79 Å². The summed E-state index contributed by atoms with van der Waals surface area (Å²) in [5.41, 5.74) is 1.07. The van der Waals surface area contributed by atoms with Gasteiger partial charge < -0.3 is 4.42 Å². The summed E-state index contributed by atoms with van der Waals surface area (Å²) in [4.78, 5) is 10.8. The van der Waals surface area contributed by atoms with Crippen LogP contribution in [0.3, 0.4) is 0 Å². The summed E-state index contributed by atoms with van der Waals surface area (Å²) in [6, 6.07) is 14.3. The fourth-order valence-electron chi connectivity index (χ4n) is 1.86. The fraction of sp³-hybridized carbons (Fsp3) is 0.0769. The zero-order valence-electron chi connectivity index (χ0n) is 9.01. The molecule has 3 rings (SSSR count). The van der Waals surface area contributed by atoms with Crippen molar-refractivity contribution in [3.05, 3.63) is 64.5 Å². The summed E-state index contributed by atoms with van der Waals surface area (Å²) < 4.78 is 4.88. The molecule has 1 N–H and O–H groups in total. The molecule has 0 aliphatic rings. The predicted molar refractivity (Wildman–Crippen MR) is 63.9 cm³/mol. The molecular formula is C13H10N2O2. The van der Waals surface area contributed by atoms with Crippen LogP contribution >= 0.6 is 0 Å². The van der Waals surface area contributed by atoms with Gasteiger partial charge in [0.05, 0.1) is 6.42 Å². The standard InChI is InChI=1S/C13H10N2O2/c16-13-15-14-12(17-13)8-9-5-6-10-3-1-2-4-11(10)7-9/h1-7H,8H2,(H,15,16). The molecule has 0 fully saturated rings. The quantitative estimate of drug-likeness (QED) is 0.728. The molecule has 0 saturated heterocycles. The maximum atomic E-state index is 10.8. The van der Waals surface area contributed by atoms with Crippen LogP contribution < -0.4 is 5.76 Å². The van der Waals surface area contributed by atoms with E-state index < -0.39 is 5.76 Å². The number of rotatable bonds is 2. The van der Waals surface area contributed by atoms with Gasteiger partial charge in [-0.15, -0.1) is 5.10 Å². The van der Waals surface area contributed by atoms with Crippen molar-refractivity contribution in [2.45, 2.75) is 6.42 Å². The molecule has 4 heteroatoms. The van der Waals surface area contributed by atoms with E-state index in [1.807, 2.05) is 18.2 Å². The van der Waals surface area contributed by atoms with Crippen molar-refractivity contribution < 1.29 is 4.42 Å². The largest absolute Gasteiger partial charge is 0.434 e. The molecule has 0 unspecified atom stereocenters. The zero-order valence-corrected chi connectivity index (χ0v) is 9.01. The molecule has 17 heavy (non-hydrogen) atoms. The van der Waals surface area contributed by atoms with Crippen molar-refractivity contribution in [1.82, 2.24) is 10.2 Å². The Hall–Kier alpha value is -2.36. The van der Waals surface area contributed by atoms with Crippen LogP contribution in [0.5, 0.6) is 0 Å². The molecule has 0 amide bonds. The van der Waals surface area contributed by atoms with E-state index in [0.29, 0.717) is 12.3 Å². The molecule has 2 aromatic carbocycles. The van der Waals surface area contributed by atoms with Crippen LogP contribution in [0, 0.1) is 0 Å². The van der Waals surface area contributed by atoms with Gasteiger partial charge in [0.1, 0.15) is 0 Å². The summed E-state index contributed by atoms with van der Waals surface area (Å²) in [5.74, 6) is -0.105. The second-order valence-corrected chi connectivity index (χ2v) is 3.87. The monoisotopic (exact) mass is 226 g/mol. The highest BCUT2D eigenvalue weighted by Crippen LogP contribution is 2.16. The molecule has 0 aliphatic carbocycles. The number of benzene rings is 2. The maximum absolute atomic E-state index is 10.8. The van der Waals surface area contributed by atoms with Gasteiger partial charge in [-0.1, -0.05) is 42.5 Å². The molecule has 0 radical (unpaired) electrons. The molecule has 3 aromatic rings. The van der Waals surface area contributed by atoms with Gasteiger partial charge in [-0.3, -0.25) is 0 Å². The maximum Gasteiger partial charge on any atom is 0.434 e. The fourth-order valence-corrected chi connectivity index (χ4v) is 1.86. The number of H-pyrrole nitrogens is 1. The van der Waals surface area contributed by atoms with Crippen LogP contribution in [0.4, 0.5) is 0 Å². The van der Waals surface area contributed by atoms with Crippen LogP contribution in [0.2, 0.25) is 0 Å². The predicted octanol–water partition coefficient (Wildman–Crippen LogP) is 2.11. The van der Waals surface area contributed by atoms with Gasteiger partial charge in [0.2, 0.25) is 5.89 Å². The Morgan fingerprint density at radius 2 is 1.94 bits per heavy atom. The third-order valence-electron chi connectivity index (χ3n) is 2.65. The summed E-state index contributed by atoms with van der Waals surface area (Å²) in [7, 11) is 0. The lowest BCUT2D eigenvalue weighted by molar-refractivity contribution is 0.471. The van der Waals surface area contributed by atoms with Gasteiger partial charge in [-0.2, -0.15) is 0 Å². The highest BCUT2D eigenvalue weighted by atomic mass is 16.4. The Morgan fingerprint density at radius 3 is 2.71 bits per heavy atom. The minimum absolute atomic E-state index is 0.408. The van der Waals surface area contributed by atoms with Gasteiger partial charge in [0.15, 0.2) is 0 Å². The number of fused-ring (bicyclic) bond motifs is 1. The van der Waals surface area contributed by atoms with Gasteiger partial charge in [-0.25, -0.2) is 9.89 Å². The van der Waals surface area contributed by atoms with E-state index in [2.05, 4.69) is 34.5 Å². The number of nitrogens with zero attached hydrogens (tertiary/aromatic N) is 1. The van der Waals surface area contributed by atoms with Gasteiger partial charge in [0.25, 0.3) is 0 Å². The molecule has 84 valence electrons. The number of nitrogens with one attached hydrogen (secondary N) is 1. The number of aromatic amines is 1. The second kappa shape index (κ2) is 3.90. The van der Waals surface area contributed by atoms with E-state index >= 15 is 0 Å². The summed E-state index contributed by atoms with van der Waals surface area (Å²) >= 11 is 0. The van der Waals surface area contributed by atoms with Crippen molar-refractivity contribution in [3.8, 4) is 0 Å². The van der Waals surface area contributed by atoms with E-state index in [1.54, 1.807) is 0 Å². The van der Waals surface area contributed by atoms with Gasteiger partial charge >= 0.3 is 5.76 Å². The van der Waals surface area contributed by atoms with Crippen molar-refractivity contribution in [2.75, 3.05) is 0 Å². The molecule has 0 saturated carbocycles. The summed E-state index contributed by atoms with van der Waals surface area (Å²) in [6.07, 6.45) is 0.517. The Balaban J connectivity index is 1.98. The SMILES string of the molecule is O=c1[nH]nc(Cc2ccc3ccccc3c2)o1. The third-order valence-corrected chi connectivity index (χ3v) is 2.65. The molecular weight excluding hydrogens is 216 g/mol. The van der Waals surface area contributed by atoms with Crippen molar-refractivity contribution in [2.24, 2.45) is 0 Å². The summed E-state index contributed by atoms with van der Waals surface area (Å²) in [6.45, 7) is 0. The first kappa shape index (κ1) is 9.84. The Labute approximate surface area is 96.9 Å². The third kappa shape index (κ3) is 1.97. The molecule has 4 nitrogen and oxygen atoms in total. The van der Waals surface area contributed by atoms with E-state index in [4.69, 9.17) is 4.42 Å². The van der Waals surface area contributed by atoms with E-state index in [1.165, 1.54) is 10.8 Å². The van der Waals surface area contributed by atoms with Crippen LogP contribution in [-0.4, -0.2) is 10.2 Å². The lowest BCUT2D eigenvalue weighted by Crippen LogP contribution is -1.93. The van der Waals surface area contributed by atoms with Crippen molar-refractivity contribution in [3.63, 3.8) is 0 Å². The minimum atomic E-state index is -0.513. The van der Waals surface area contributed by atoms with Crippen LogP contribution in [0.15, 0.2) is 51.7 Å². The first-order valence-electron chi connectivity index (χ1n) is 5.33. The molecule has 1 heterocycles. The highest BCUT2D eigenvalue weighted by molar-refractivity contribution is 5.83. The molecule has 0 aliphatic heterocycles. The zero-order chi connectivity index (χ0) is 11.7. The van der Waals surface area contributed by atoms with E-state index in [-0.39, 0.29) is 0 Å². The smallest absolute Gasteiger partial charge is 0.392 e. The van der Waals surface area contributed by atoms with Crippen molar-refractivity contribution >= 4 is 10.8 Å². The van der Waals surface area contributed by atoms with Crippen LogP contribution in [0.25, 0.3) is 10.8 Å². The first-order chi connectivity index (χ1) is 8.31. The van der Waals surface area contributed by atoms with Crippen LogP contribution in [0.1, 0.15) is 11.5 Å². The second-order valence-electron chi connectivity index (χ2n) is 3.87. The minimum Gasteiger partial charge on any atom is -0.392 e.